The molecule has 2 fully saturated rings. The maximum absolute atomic E-state index is 12.9. The molecular weight excluding hydrogens is 358 g/mol. The molecule has 0 saturated heterocycles. The fourth-order valence-corrected chi connectivity index (χ4v) is 7.12. The molecular formula is C22H29NO3S. The lowest BCUT2D eigenvalue weighted by Crippen LogP contribution is -2.41. The van der Waals surface area contributed by atoms with Gasteiger partial charge in [0.1, 0.15) is 0 Å². The second-order valence-electron chi connectivity index (χ2n) is 8.99. The highest BCUT2D eigenvalue weighted by Crippen LogP contribution is 2.64. The number of fused-ring (bicyclic) bond motifs is 3. The molecule has 0 aromatic heterocycles. The molecule has 2 aliphatic rings. The number of aliphatic hydroxyl groups is 1. The molecule has 27 heavy (non-hydrogen) atoms. The van der Waals surface area contributed by atoms with Crippen molar-refractivity contribution in [1.82, 2.24) is 4.72 Å². The summed E-state index contributed by atoms with van der Waals surface area (Å²) in [6, 6.07) is 14.0. The monoisotopic (exact) mass is 387 g/mol. The zero-order valence-electron chi connectivity index (χ0n) is 16.1. The third-order valence-corrected chi connectivity index (χ3v) is 8.74. The molecule has 2 aromatic carbocycles. The first-order valence-electron chi connectivity index (χ1n) is 9.87. The highest BCUT2D eigenvalue weighted by molar-refractivity contribution is 7.89. The third-order valence-electron chi connectivity index (χ3n) is 7.20. The van der Waals surface area contributed by atoms with Crippen molar-refractivity contribution in [3.8, 4) is 0 Å². The first-order chi connectivity index (χ1) is 12.8. The first kappa shape index (κ1) is 18.9. The van der Waals surface area contributed by atoms with Crippen molar-refractivity contribution < 1.29 is 13.5 Å². The van der Waals surface area contributed by atoms with Crippen molar-refractivity contribution in [1.29, 1.82) is 0 Å². The molecule has 4 rings (SSSR count). The highest BCUT2D eigenvalue weighted by atomic mass is 32.2. The van der Waals surface area contributed by atoms with E-state index in [4.69, 9.17) is 0 Å². The maximum atomic E-state index is 12.9. The smallest absolute Gasteiger partial charge is 0.212 e. The summed E-state index contributed by atoms with van der Waals surface area (Å²) in [6.07, 6.45) is 2.89. The summed E-state index contributed by atoms with van der Waals surface area (Å²) in [6.45, 7) is 4.67. The highest BCUT2D eigenvalue weighted by Gasteiger charge is 2.61. The zero-order valence-corrected chi connectivity index (χ0v) is 16.9. The Morgan fingerprint density at radius 1 is 1.15 bits per heavy atom. The molecule has 5 heteroatoms. The summed E-state index contributed by atoms with van der Waals surface area (Å²) >= 11 is 0. The van der Waals surface area contributed by atoms with Gasteiger partial charge in [0, 0.05) is 12.0 Å². The van der Waals surface area contributed by atoms with Crippen molar-refractivity contribution in [3.05, 3.63) is 48.0 Å². The molecule has 0 heterocycles. The number of aliphatic hydroxyl groups excluding tert-OH is 1. The molecule has 0 amide bonds. The summed E-state index contributed by atoms with van der Waals surface area (Å²) in [5.74, 6) is 0.503. The molecule has 2 aromatic rings. The quantitative estimate of drug-likeness (QED) is 0.791. The molecule has 4 nitrogen and oxygen atoms in total. The molecule has 0 radical (unpaired) electrons. The Morgan fingerprint density at radius 2 is 1.89 bits per heavy atom. The van der Waals surface area contributed by atoms with E-state index in [1.807, 2.05) is 42.5 Å². The van der Waals surface area contributed by atoms with Crippen molar-refractivity contribution >= 4 is 20.8 Å². The van der Waals surface area contributed by atoms with Crippen LogP contribution in [-0.2, 0) is 16.6 Å². The van der Waals surface area contributed by atoms with Gasteiger partial charge in [-0.15, -0.1) is 0 Å². The van der Waals surface area contributed by atoms with Gasteiger partial charge in [-0.3, -0.25) is 0 Å². The van der Waals surface area contributed by atoms with Gasteiger partial charge >= 0.3 is 0 Å². The Kier molecular flexibility index (Phi) is 4.60. The van der Waals surface area contributed by atoms with Crippen molar-refractivity contribution in [2.45, 2.75) is 52.2 Å². The first-order valence-corrected chi connectivity index (χ1v) is 11.5. The van der Waals surface area contributed by atoms with E-state index >= 15 is 0 Å². The molecule has 3 atom stereocenters. The van der Waals surface area contributed by atoms with Crippen LogP contribution in [-0.4, -0.2) is 25.4 Å². The van der Waals surface area contributed by atoms with Crippen LogP contribution >= 0.6 is 0 Å². The van der Waals surface area contributed by atoms with E-state index in [0.29, 0.717) is 5.92 Å². The van der Waals surface area contributed by atoms with Crippen LogP contribution < -0.4 is 4.72 Å². The molecule has 3 unspecified atom stereocenters. The van der Waals surface area contributed by atoms with Crippen LogP contribution in [0.1, 0.15) is 45.1 Å². The minimum Gasteiger partial charge on any atom is -0.392 e. The fraction of sp³-hybridized carbons (Fsp3) is 0.545. The van der Waals surface area contributed by atoms with E-state index in [0.717, 1.165) is 42.0 Å². The standard InChI is InChI=1S/C22H29NO3S/c1-16(2)21-10-11-22(14-21,20(24)12-21)15-27(25,26)23-13-18-8-5-7-17-6-3-4-9-19(17)18/h3-9,16,20,23-24H,10-15H2,1-2H3. The number of rotatable bonds is 6. The van der Waals surface area contributed by atoms with Crippen molar-refractivity contribution in [2.24, 2.45) is 16.7 Å². The van der Waals surface area contributed by atoms with Gasteiger partial charge in [0.25, 0.3) is 0 Å². The minimum absolute atomic E-state index is 0.0282. The SMILES string of the molecule is CC(C)C12CCC(CS(=O)(=O)NCc3cccc4ccccc34)(C1)C(O)C2. The van der Waals surface area contributed by atoms with Gasteiger partial charge in [0.05, 0.1) is 11.9 Å². The van der Waals surface area contributed by atoms with E-state index in [1.54, 1.807) is 0 Å². The topological polar surface area (TPSA) is 66.4 Å². The molecule has 0 aliphatic heterocycles. The van der Waals surface area contributed by atoms with Gasteiger partial charge in [0.2, 0.25) is 10.0 Å². The average molecular weight is 388 g/mol. The Balaban J connectivity index is 1.50. The largest absolute Gasteiger partial charge is 0.392 e. The van der Waals surface area contributed by atoms with Gasteiger partial charge in [-0.05, 0) is 53.4 Å². The summed E-state index contributed by atoms with van der Waals surface area (Å²) in [5.41, 5.74) is 0.614. The molecule has 2 aliphatic carbocycles. The number of sulfonamides is 1. The minimum atomic E-state index is -3.47. The van der Waals surface area contributed by atoms with Crippen LogP contribution in [0.3, 0.4) is 0 Å². The maximum Gasteiger partial charge on any atom is 0.212 e. The second-order valence-corrected chi connectivity index (χ2v) is 10.8. The fourth-order valence-electron chi connectivity index (χ4n) is 5.45. The van der Waals surface area contributed by atoms with E-state index in [-0.39, 0.29) is 17.7 Å². The predicted octanol–water partition coefficient (Wildman–Crippen LogP) is 3.84. The summed E-state index contributed by atoms with van der Waals surface area (Å²) in [4.78, 5) is 0. The van der Waals surface area contributed by atoms with Crippen LogP contribution in [0.15, 0.2) is 42.5 Å². The Morgan fingerprint density at radius 3 is 2.59 bits per heavy atom. The number of hydrogen-bond acceptors (Lipinski definition) is 3. The van der Waals surface area contributed by atoms with Gasteiger partial charge in [-0.1, -0.05) is 56.3 Å². The lowest BCUT2D eigenvalue weighted by Gasteiger charge is -2.34. The Hall–Kier alpha value is -1.43. The number of benzene rings is 2. The normalized spacial score (nSPS) is 30.4. The van der Waals surface area contributed by atoms with Gasteiger partial charge in [-0.2, -0.15) is 0 Å². The number of nitrogens with one attached hydrogen (secondary N) is 1. The number of hydrogen-bond donors (Lipinski definition) is 2. The predicted molar refractivity (Wildman–Crippen MR) is 109 cm³/mol. The Bertz CT molecular complexity index is 950. The molecule has 2 bridgehead atoms. The van der Waals surface area contributed by atoms with Crippen LogP contribution in [0.5, 0.6) is 0 Å². The summed E-state index contributed by atoms with van der Waals surface area (Å²) in [7, 11) is -3.47. The molecule has 2 N–H and O–H groups in total. The van der Waals surface area contributed by atoms with Crippen LogP contribution in [0.2, 0.25) is 0 Å². The zero-order chi connectivity index (χ0) is 19.3. The van der Waals surface area contributed by atoms with Gasteiger partial charge < -0.3 is 5.11 Å². The van der Waals surface area contributed by atoms with Crippen LogP contribution in [0, 0.1) is 16.7 Å². The van der Waals surface area contributed by atoms with E-state index < -0.39 is 21.5 Å². The third kappa shape index (κ3) is 3.30. The average Bonchev–Trinajstić information content (AvgIpc) is 3.13. The van der Waals surface area contributed by atoms with Gasteiger partial charge in [-0.25, -0.2) is 13.1 Å². The lowest BCUT2D eigenvalue weighted by molar-refractivity contribution is 0.0394. The van der Waals surface area contributed by atoms with E-state index in [2.05, 4.69) is 18.6 Å². The lowest BCUT2D eigenvalue weighted by atomic mass is 9.74. The van der Waals surface area contributed by atoms with Crippen molar-refractivity contribution in [3.63, 3.8) is 0 Å². The van der Waals surface area contributed by atoms with Crippen LogP contribution in [0.4, 0.5) is 0 Å². The molecule has 146 valence electrons. The Labute approximate surface area is 162 Å². The molecule has 0 spiro atoms. The van der Waals surface area contributed by atoms with Gasteiger partial charge in [0.15, 0.2) is 0 Å². The second kappa shape index (κ2) is 6.57. The van der Waals surface area contributed by atoms with E-state index in [1.165, 1.54) is 0 Å². The molecule has 2 saturated carbocycles. The van der Waals surface area contributed by atoms with Crippen molar-refractivity contribution in [2.75, 3.05) is 5.75 Å². The summed E-state index contributed by atoms with van der Waals surface area (Å²) in [5, 5.41) is 12.9. The van der Waals surface area contributed by atoms with E-state index in [9.17, 15) is 13.5 Å². The summed E-state index contributed by atoms with van der Waals surface area (Å²) < 4.78 is 28.5. The van der Waals surface area contributed by atoms with Crippen LogP contribution in [0.25, 0.3) is 10.8 Å².